The van der Waals surface area contributed by atoms with Crippen molar-refractivity contribution in [1.82, 2.24) is 20.0 Å². The summed E-state index contributed by atoms with van der Waals surface area (Å²) in [5.41, 5.74) is 3.82. The van der Waals surface area contributed by atoms with E-state index >= 15 is 0 Å². The van der Waals surface area contributed by atoms with Gasteiger partial charge in [-0.25, -0.2) is 4.79 Å². The Labute approximate surface area is 222 Å². The Bertz CT molecular complexity index is 1100. The van der Waals surface area contributed by atoms with Crippen molar-refractivity contribution >= 4 is 12.0 Å². The number of carbonyl (C=O) groups excluding carboxylic acids is 2. The molecule has 202 valence electrons. The molecule has 37 heavy (non-hydrogen) atoms. The lowest BCUT2D eigenvalue weighted by Gasteiger charge is -2.43. The zero-order valence-corrected chi connectivity index (χ0v) is 24.0. The van der Waals surface area contributed by atoms with E-state index in [1.807, 2.05) is 43.9 Å². The molecule has 0 bridgehead atoms. The zero-order valence-electron chi connectivity index (χ0n) is 24.0. The average molecular weight is 509 g/mol. The highest BCUT2D eigenvalue weighted by Gasteiger charge is 2.37. The number of hydrogen-bond donors (Lipinski definition) is 0. The minimum absolute atomic E-state index is 0.124. The van der Waals surface area contributed by atoms with E-state index in [9.17, 15) is 9.59 Å². The topological polar surface area (TPSA) is 75.6 Å². The Morgan fingerprint density at radius 2 is 1.70 bits per heavy atom. The first kappa shape index (κ1) is 28.6. The van der Waals surface area contributed by atoms with E-state index in [0.29, 0.717) is 37.2 Å². The summed E-state index contributed by atoms with van der Waals surface area (Å²) in [5.74, 6) is 0.749. The van der Waals surface area contributed by atoms with E-state index < -0.39 is 5.60 Å². The highest BCUT2D eigenvalue weighted by atomic mass is 16.6. The number of rotatable bonds is 6. The van der Waals surface area contributed by atoms with Gasteiger partial charge in [0.05, 0.1) is 11.7 Å². The monoisotopic (exact) mass is 508 g/mol. The Kier molecular flexibility index (Phi) is 8.98. The van der Waals surface area contributed by atoms with Crippen molar-refractivity contribution in [3.63, 3.8) is 0 Å². The summed E-state index contributed by atoms with van der Waals surface area (Å²) in [5, 5.41) is 9.04. The minimum atomic E-state index is -0.567. The van der Waals surface area contributed by atoms with Crippen LogP contribution in [-0.2, 0) is 11.2 Å². The fourth-order valence-electron chi connectivity index (χ4n) is 4.83. The third-order valence-corrected chi connectivity index (χ3v) is 6.67. The maximum absolute atomic E-state index is 13.8. The van der Waals surface area contributed by atoms with Gasteiger partial charge < -0.3 is 14.5 Å². The first-order valence-electron chi connectivity index (χ1n) is 13.5. The van der Waals surface area contributed by atoms with Gasteiger partial charge in [-0.3, -0.25) is 4.79 Å². The molecule has 0 N–H and O–H groups in total. The molecule has 0 spiro atoms. The Hall–Kier alpha value is -2.96. The van der Waals surface area contributed by atoms with Crippen LogP contribution in [0.3, 0.4) is 0 Å². The van der Waals surface area contributed by atoms with Gasteiger partial charge in [-0.1, -0.05) is 65.8 Å². The summed E-state index contributed by atoms with van der Waals surface area (Å²) >= 11 is 0. The van der Waals surface area contributed by atoms with Gasteiger partial charge in [0.25, 0.3) is 5.91 Å². The molecule has 1 atom stereocenters. The molecule has 0 unspecified atom stereocenters. The number of ether oxygens (including phenoxy) is 1. The van der Waals surface area contributed by atoms with Crippen molar-refractivity contribution < 1.29 is 14.3 Å². The molecule has 1 saturated heterocycles. The predicted molar refractivity (Wildman–Crippen MR) is 148 cm³/mol. The predicted octanol–water partition coefficient (Wildman–Crippen LogP) is 6.18. The smallest absolute Gasteiger partial charge is 0.410 e. The molecule has 1 aliphatic heterocycles. The largest absolute Gasteiger partial charge is 0.444 e. The highest BCUT2D eigenvalue weighted by molar-refractivity contribution is 5.94. The lowest BCUT2D eigenvalue weighted by atomic mass is 9.93. The average Bonchev–Trinajstić information content (AvgIpc) is 2.81. The van der Waals surface area contributed by atoms with Gasteiger partial charge in [-0.15, -0.1) is 10.2 Å². The van der Waals surface area contributed by atoms with Gasteiger partial charge in [-0.05, 0) is 62.1 Å². The van der Waals surface area contributed by atoms with Crippen molar-refractivity contribution in [3.8, 4) is 11.3 Å². The SMILES string of the molecule is CC(C)Cc1cc(-c2ccccc2C(C)C)nnc1C(=O)N1CCN(C(=O)OC(C)(C)C)[C@@H](C(C)C)C1. The van der Waals surface area contributed by atoms with E-state index in [2.05, 4.69) is 63.9 Å². The van der Waals surface area contributed by atoms with E-state index in [1.165, 1.54) is 5.56 Å². The fraction of sp³-hybridized carbons (Fsp3) is 0.600. The summed E-state index contributed by atoms with van der Waals surface area (Å²) in [7, 11) is 0. The van der Waals surface area contributed by atoms with Gasteiger partial charge in [0.1, 0.15) is 5.60 Å². The molecule has 2 heterocycles. The maximum atomic E-state index is 13.8. The second kappa shape index (κ2) is 11.6. The van der Waals surface area contributed by atoms with Crippen molar-refractivity contribution in [1.29, 1.82) is 0 Å². The van der Waals surface area contributed by atoms with E-state index in [0.717, 1.165) is 23.2 Å². The molecule has 0 aliphatic carbocycles. The first-order valence-corrected chi connectivity index (χ1v) is 13.5. The number of benzene rings is 1. The van der Waals surface area contributed by atoms with Crippen LogP contribution in [0.4, 0.5) is 4.79 Å². The van der Waals surface area contributed by atoms with Gasteiger partial charge in [-0.2, -0.15) is 0 Å². The zero-order chi connectivity index (χ0) is 27.5. The van der Waals surface area contributed by atoms with Crippen molar-refractivity contribution in [2.45, 2.75) is 86.3 Å². The summed E-state index contributed by atoms with van der Waals surface area (Å²) in [6, 6.07) is 10.2. The van der Waals surface area contributed by atoms with Crippen LogP contribution in [0, 0.1) is 11.8 Å². The Balaban J connectivity index is 1.91. The van der Waals surface area contributed by atoms with E-state index in [1.54, 1.807) is 4.90 Å². The lowest BCUT2D eigenvalue weighted by Crippen LogP contribution is -2.59. The standard InChI is InChI=1S/C30H44N4O3/c1-19(2)16-22-17-25(24-13-11-10-12-23(24)20(3)4)31-32-27(22)28(35)33-14-15-34(26(18-33)21(5)6)29(36)37-30(7,8)9/h10-13,17,19-21,26H,14-16,18H2,1-9H3/t26-/m1/s1. The molecule has 1 aromatic carbocycles. The molecule has 1 fully saturated rings. The van der Waals surface area contributed by atoms with Crippen LogP contribution in [0.25, 0.3) is 11.3 Å². The molecule has 1 aromatic heterocycles. The van der Waals surface area contributed by atoms with Crippen LogP contribution in [0.5, 0.6) is 0 Å². The third-order valence-electron chi connectivity index (χ3n) is 6.67. The van der Waals surface area contributed by atoms with Crippen LogP contribution in [0.2, 0.25) is 0 Å². The molecule has 0 radical (unpaired) electrons. The van der Waals surface area contributed by atoms with E-state index in [-0.39, 0.29) is 24.0 Å². The summed E-state index contributed by atoms with van der Waals surface area (Å²) < 4.78 is 5.64. The van der Waals surface area contributed by atoms with Gasteiger partial charge in [0, 0.05) is 25.2 Å². The molecule has 0 saturated carbocycles. The number of hydrogen-bond acceptors (Lipinski definition) is 5. The van der Waals surface area contributed by atoms with Gasteiger partial charge in [0.2, 0.25) is 0 Å². The summed E-state index contributed by atoms with van der Waals surface area (Å²) in [4.78, 5) is 30.3. The first-order chi connectivity index (χ1) is 17.3. The minimum Gasteiger partial charge on any atom is -0.444 e. The second-order valence-corrected chi connectivity index (χ2v) is 12.2. The van der Waals surface area contributed by atoms with Crippen LogP contribution in [-0.4, -0.2) is 63.3 Å². The fourth-order valence-corrected chi connectivity index (χ4v) is 4.83. The lowest BCUT2D eigenvalue weighted by molar-refractivity contribution is -0.00806. The molecular formula is C30H44N4O3. The van der Waals surface area contributed by atoms with Crippen LogP contribution < -0.4 is 0 Å². The van der Waals surface area contributed by atoms with Crippen molar-refractivity contribution in [3.05, 3.63) is 47.2 Å². The molecule has 2 amide bonds. The number of amides is 2. The Morgan fingerprint density at radius 3 is 2.30 bits per heavy atom. The molecule has 3 rings (SSSR count). The van der Waals surface area contributed by atoms with Crippen LogP contribution in [0.15, 0.2) is 30.3 Å². The quantitative estimate of drug-likeness (QED) is 0.465. The number of piperazine rings is 1. The summed E-state index contributed by atoms with van der Waals surface area (Å²) in [6.07, 6.45) is 0.408. The molecule has 2 aromatic rings. The Morgan fingerprint density at radius 1 is 1.03 bits per heavy atom. The second-order valence-electron chi connectivity index (χ2n) is 12.2. The van der Waals surface area contributed by atoms with Crippen LogP contribution >= 0.6 is 0 Å². The molecule has 7 heteroatoms. The normalized spacial score (nSPS) is 16.6. The third kappa shape index (κ3) is 7.08. The number of carbonyl (C=O) groups is 2. The van der Waals surface area contributed by atoms with Crippen molar-refractivity contribution in [2.75, 3.05) is 19.6 Å². The van der Waals surface area contributed by atoms with Crippen molar-refractivity contribution in [2.24, 2.45) is 11.8 Å². The number of aromatic nitrogens is 2. The van der Waals surface area contributed by atoms with Crippen LogP contribution in [0.1, 0.15) is 89.8 Å². The molecular weight excluding hydrogens is 464 g/mol. The molecule has 7 nitrogen and oxygen atoms in total. The van der Waals surface area contributed by atoms with Gasteiger partial charge in [0.15, 0.2) is 5.69 Å². The highest BCUT2D eigenvalue weighted by Crippen LogP contribution is 2.30. The van der Waals surface area contributed by atoms with E-state index in [4.69, 9.17) is 4.74 Å². The number of nitrogens with zero attached hydrogens (tertiary/aromatic N) is 4. The van der Waals surface area contributed by atoms with Gasteiger partial charge >= 0.3 is 6.09 Å². The summed E-state index contributed by atoms with van der Waals surface area (Å²) in [6.45, 7) is 19.7. The maximum Gasteiger partial charge on any atom is 0.410 e. The molecule has 1 aliphatic rings.